The van der Waals surface area contributed by atoms with E-state index in [1.54, 1.807) is 24.3 Å². The van der Waals surface area contributed by atoms with Crippen LogP contribution in [-0.2, 0) is 4.79 Å². The van der Waals surface area contributed by atoms with Crippen molar-refractivity contribution in [3.8, 4) is 5.75 Å². The normalized spacial score (nSPS) is 17.8. The van der Waals surface area contributed by atoms with Crippen LogP contribution in [-0.4, -0.2) is 31.1 Å². The highest BCUT2D eigenvalue weighted by molar-refractivity contribution is 6.30. The summed E-state index contributed by atoms with van der Waals surface area (Å²) < 4.78 is 5.42. The van der Waals surface area contributed by atoms with Gasteiger partial charge in [-0.25, -0.2) is 0 Å². The molecule has 2 N–H and O–H groups in total. The summed E-state index contributed by atoms with van der Waals surface area (Å²) in [6, 6.07) is 7.04. The highest BCUT2D eigenvalue weighted by atomic mass is 35.5. The molecule has 1 aliphatic rings. The van der Waals surface area contributed by atoms with Crippen LogP contribution in [0.2, 0.25) is 5.02 Å². The number of hydrogen-bond acceptors (Lipinski definition) is 3. The largest absolute Gasteiger partial charge is 0.484 e. The second kappa shape index (κ2) is 6.26. The van der Waals surface area contributed by atoms with Crippen LogP contribution in [0.1, 0.15) is 19.8 Å². The number of hydrogen-bond donors (Lipinski definition) is 2. The second-order valence-electron chi connectivity index (χ2n) is 5.10. The maximum absolute atomic E-state index is 11.9. The molecule has 0 atom stereocenters. The summed E-state index contributed by atoms with van der Waals surface area (Å²) in [6.07, 6.45) is 1.88. The third kappa shape index (κ3) is 4.40. The molecule has 0 spiro atoms. The molecule has 1 aliphatic heterocycles. The summed E-state index contributed by atoms with van der Waals surface area (Å²) in [4.78, 5) is 11.9. The number of ether oxygens (including phenoxy) is 1. The molecule has 0 unspecified atom stereocenters. The first-order valence-electron chi connectivity index (χ1n) is 6.48. The van der Waals surface area contributed by atoms with Crippen molar-refractivity contribution in [2.24, 2.45) is 0 Å². The van der Waals surface area contributed by atoms with Gasteiger partial charge in [0.25, 0.3) is 5.91 Å². The van der Waals surface area contributed by atoms with Gasteiger partial charge in [0.05, 0.1) is 0 Å². The summed E-state index contributed by atoms with van der Waals surface area (Å²) >= 11 is 5.85. The summed E-state index contributed by atoms with van der Waals surface area (Å²) in [7, 11) is 0. The molecule has 1 amide bonds. The van der Waals surface area contributed by atoms with Crippen molar-refractivity contribution in [3.63, 3.8) is 0 Å². The van der Waals surface area contributed by atoms with Gasteiger partial charge in [-0.3, -0.25) is 4.79 Å². The molecule has 104 valence electrons. The Kier molecular flexibility index (Phi) is 4.66. The van der Waals surface area contributed by atoms with E-state index >= 15 is 0 Å². The lowest BCUT2D eigenvalue weighted by atomic mass is 9.90. The Bertz CT molecular complexity index is 445. The molecule has 2 rings (SSSR count). The summed E-state index contributed by atoms with van der Waals surface area (Å²) in [5.41, 5.74) is -0.125. The molecular formula is C14H19ClN2O2. The Morgan fingerprint density at radius 2 is 2.21 bits per heavy atom. The fourth-order valence-corrected chi connectivity index (χ4v) is 2.36. The van der Waals surface area contributed by atoms with Gasteiger partial charge >= 0.3 is 0 Å². The number of carbonyl (C=O) groups excluding carboxylic acids is 1. The fourth-order valence-electron chi connectivity index (χ4n) is 2.18. The lowest BCUT2D eigenvalue weighted by Gasteiger charge is -2.34. The van der Waals surface area contributed by atoms with Gasteiger partial charge in [-0.15, -0.1) is 0 Å². The molecule has 0 radical (unpaired) electrons. The topological polar surface area (TPSA) is 50.4 Å². The minimum absolute atomic E-state index is 0.0172. The monoisotopic (exact) mass is 282 g/mol. The van der Waals surface area contributed by atoms with Gasteiger partial charge in [0.1, 0.15) is 5.75 Å². The van der Waals surface area contributed by atoms with E-state index in [0.717, 1.165) is 25.9 Å². The van der Waals surface area contributed by atoms with Gasteiger partial charge in [-0.1, -0.05) is 17.7 Å². The number of halogens is 1. The van der Waals surface area contributed by atoms with Crippen LogP contribution < -0.4 is 15.4 Å². The van der Waals surface area contributed by atoms with Gasteiger partial charge in [-0.2, -0.15) is 0 Å². The molecule has 0 bridgehead atoms. The minimum Gasteiger partial charge on any atom is -0.484 e. The molecule has 1 aromatic carbocycles. The lowest BCUT2D eigenvalue weighted by molar-refractivity contribution is -0.125. The van der Waals surface area contributed by atoms with Crippen LogP contribution in [0, 0.1) is 0 Å². The third-order valence-electron chi connectivity index (χ3n) is 3.31. The van der Waals surface area contributed by atoms with E-state index in [-0.39, 0.29) is 18.1 Å². The van der Waals surface area contributed by atoms with Crippen LogP contribution >= 0.6 is 11.6 Å². The molecule has 0 aromatic heterocycles. The molecule has 0 aliphatic carbocycles. The van der Waals surface area contributed by atoms with E-state index in [0.29, 0.717) is 10.8 Å². The molecule has 1 aromatic rings. The number of benzene rings is 1. The predicted octanol–water partition coefficient (Wildman–Crippen LogP) is 1.98. The van der Waals surface area contributed by atoms with Crippen LogP contribution in [0.25, 0.3) is 0 Å². The molecule has 1 saturated heterocycles. The van der Waals surface area contributed by atoms with Crippen LogP contribution in [0.4, 0.5) is 0 Å². The van der Waals surface area contributed by atoms with Crippen molar-refractivity contribution >= 4 is 17.5 Å². The van der Waals surface area contributed by atoms with Gasteiger partial charge in [-0.05, 0) is 51.1 Å². The SMILES string of the molecule is CC1(NC(=O)COc2cccc(Cl)c2)CCNCC1. The first kappa shape index (κ1) is 14.2. The molecule has 5 heteroatoms. The highest BCUT2D eigenvalue weighted by Gasteiger charge is 2.28. The third-order valence-corrected chi connectivity index (χ3v) is 3.55. The predicted molar refractivity (Wildman–Crippen MR) is 75.6 cm³/mol. The quantitative estimate of drug-likeness (QED) is 0.888. The van der Waals surface area contributed by atoms with E-state index in [9.17, 15) is 4.79 Å². The maximum Gasteiger partial charge on any atom is 0.258 e. The van der Waals surface area contributed by atoms with Crippen molar-refractivity contribution < 1.29 is 9.53 Å². The zero-order chi connectivity index (χ0) is 13.7. The minimum atomic E-state index is -0.125. The Hall–Kier alpha value is -1.26. The molecular weight excluding hydrogens is 264 g/mol. The second-order valence-corrected chi connectivity index (χ2v) is 5.54. The van der Waals surface area contributed by atoms with Crippen molar-refractivity contribution in [2.75, 3.05) is 19.7 Å². The number of piperidine rings is 1. The van der Waals surface area contributed by atoms with Crippen LogP contribution in [0.15, 0.2) is 24.3 Å². The van der Waals surface area contributed by atoms with E-state index in [1.807, 2.05) is 0 Å². The fraction of sp³-hybridized carbons (Fsp3) is 0.500. The number of nitrogens with one attached hydrogen (secondary N) is 2. The summed E-state index contributed by atoms with van der Waals surface area (Å²) in [6.45, 7) is 3.96. The average Bonchev–Trinajstić information content (AvgIpc) is 2.37. The standard InChI is InChI=1S/C14H19ClN2O2/c1-14(5-7-16-8-6-14)17-13(18)10-19-12-4-2-3-11(15)9-12/h2-4,9,16H,5-8,10H2,1H3,(H,17,18). The van der Waals surface area contributed by atoms with Gasteiger partial charge in [0.15, 0.2) is 6.61 Å². The van der Waals surface area contributed by atoms with Gasteiger partial charge in [0, 0.05) is 10.6 Å². The molecule has 19 heavy (non-hydrogen) atoms. The number of amides is 1. The first-order chi connectivity index (χ1) is 9.07. The number of carbonyl (C=O) groups is 1. The van der Waals surface area contributed by atoms with E-state index < -0.39 is 0 Å². The molecule has 1 heterocycles. The Morgan fingerprint density at radius 1 is 1.47 bits per heavy atom. The molecule has 4 nitrogen and oxygen atoms in total. The van der Waals surface area contributed by atoms with Crippen LogP contribution in [0.3, 0.4) is 0 Å². The van der Waals surface area contributed by atoms with E-state index in [4.69, 9.17) is 16.3 Å². The van der Waals surface area contributed by atoms with Crippen molar-refractivity contribution in [1.82, 2.24) is 10.6 Å². The van der Waals surface area contributed by atoms with Crippen molar-refractivity contribution in [2.45, 2.75) is 25.3 Å². The van der Waals surface area contributed by atoms with Crippen molar-refractivity contribution in [3.05, 3.63) is 29.3 Å². The highest BCUT2D eigenvalue weighted by Crippen LogP contribution is 2.18. The lowest BCUT2D eigenvalue weighted by Crippen LogP contribution is -2.53. The Morgan fingerprint density at radius 3 is 2.89 bits per heavy atom. The van der Waals surface area contributed by atoms with E-state index in [1.165, 1.54) is 0 Å². The zero-order valence-electron chi connectivity index (χ0n) is 11.0. The first-order valence-corrected chi connectivity index (χ1v) is 6.85. The Labute approximate surface area is 118 Å². The number of rotatable bonds is 4. The van der Waals surface area contributed by atoms with Gasteiger partial charge < -0.3 is 15.4 Å². The maximum atomic E-state index is 11.9. The van der Waals surface area contributed by atoms with Crippen LogP contribution in [0.5, 0.6) is 5.75 Å². The smallest absolute Gasteiger partial charge is 0.258 e. The van der Waals surface area contributed by atoms with Gasteiger partial charge in [0.2, 0.25) is 0 Å². The zero-order valence-corrected chi connectivity index (χ0v) is 11.8. The summed E-state index contributed by atoms with van der Waals surface area (Å²) in [5, 5.41) is 6.92. The van der Waals surface area contributed by atoms with Crippen molar-refractivity contribution in [1.29, 1.82) is 0 Å². The molecule has 1 fully saturated rings. The summed E-state index contributed by atoms with van der Waals surface area (Å²) in [5.74, 6) is 0.516. The van der Waals surface area contributed by atoms with E-state index in [2.05, 4.69) is 17.6 Å². The molecule has 0 saturated carbocycles. The Balaban J connectivity index is 1.81. The average molecular weight is 283 g/mol.